The summed E-state index contributed by atoms with van der Waals surface area (Å²) in [6.45, 7) is 1.75. The number of halogens is 2. The van der Waals surface area contributed by atoms with Crippen molar-refractivity contribution in [3.63, 3.8) is 0 Å². The first-order valence-electron chi connectivity index (χ1n) is 20.6. The molecule has 2 aromatic carbocycles. The minimum atomic E-state index is -3.20. The molecule has 0 aliphatic carbocycles. The molecule has 4 aromatic rings. The average Bonchev–Trinajstić information content (AvgIpc) is 3.85. The molecular formula is C44H51F2N7O9S. The molecule has 0 saturated carbocycles. The molecule has 336 valence electrons. The van der Waals surface area contributed by atoms with E-state index < -0.39 is 36.4 Å². The number of hydrogen-bond acceptors (Lipinski definition) is 12. The Morgan fingerprint density at radius 3 is 2.30 bits per heavy atom. The maximum atomic E-state index is 15.9. The van der Waals surface area contributed by atoms with E-state index in [9.17, 15) is 24.0 Å². The van der Waals surface area contributed by atoms with Crippen molar-refractivity contribution >= 4 is 57.2 Å². The molecule has 2 aromatic heterocycles. The van der Waals surface area contributed by atoms with Crippen molar-refractivity contribution in [3.05, 3.63) is 74.5 Å². The highest BCUT2D eigenvalue weighted by molar-refractivity contribution is 7.21. The summed E-state index contributed by atoms with van der Waals surface area (Å²) in [5.41, 5.74) is 4.16. The summed E-state index contributed by atoms with van der Waals surface area (Å²) in [6, 6.07) is 8.79. The van der Waals surface area contributed by atoms with E-state index in [2.05, 4.69) is 15.5 Å². The van der Waals surface area contributed by atoms with Crippen LogP contribution in [0.4, 0.5) is 14.5 Å². The lowest BCUT2D eigenvalue weighted by atomic mass is 9.95. The molecular weight excluding hydrogens is 841 g/mol. The van der Waals surface area contributed by atoms with E-state index in [0.717, 1.165) is 28.2 Å². The van der Waals surface area contributed by atoms with Crippen LogP contribution in [0.3, 0.4) is 0 Å². The van der Waals surface area contributed by atoms with Crippen molar-refractivity contribution in [2.45, 2.75) is 69.2 Å². The molecule has 0 bridgehead atoms. The van der Waals surface area contributed by atoms with Gasteiger partial charge >= 0.3 is 0 Å². The van der Waals surface area contributed by atoms with Crippen LogP contribution in [0.15, 0.2) is 47.4 Å². The number of ether oxygens (including phenoxy) is 2. The summed E-state index contributed by atoms with van der Waals surface area (Å²) < 4.78 is 45.3. The fraction of sp³-hybridized carbons (Fsp3) is 0.455. The van der Waals surface area contributed by atoms with Crippen molar-refractivity contribution in [3.8, 4) is 22.6 Å². The summed E-state index contributed by atoms with van der Waals surface area (Å²) in [4.78, 5) is 80.5. The normalized spacial score (nSPS) is 20.3. The van der Waals surface area contributed by atoms with Crippen LogP contribution in [0.1, 0.15) is 63.3 Å². The molecule has 3 saturated heterocycles. The Morgan fingerprint density at radius 2 is 1.68 bits per heavy atom. The first kappa shape index (κ1) is 45.1. The molecule has 3 N–H and O–H groups in total. The lowest BCUT2D eigenvalue weighted by Gasteiger charge is -2.45. The number of methoxy groups -OCH3 is 2. The number of hydrogen-bond donors (Lipinski definition) is 3. The zero-order chi connectivity index (χ0) is 45.3. The van der Waals surface area contributed by atoms with Crippen molar-refractivity contribution in [2.75, 3.05) is 59.4 Å². The van der Waals surface area contributed by atoms with Crippen molar-refractivity contribution in [2.24, 2.45) is 7.05 Å². The van der Waals surface area contributed by atoms with E-state index in [1.54, 1.807) is 27.5 Å². The average molecular weight is 892 g/mol. The zero-order valence-corrected chi connectivity index (χ0v) is 36.6. The van der Waals surface area contributed by atoms with Crippen LogP contribution in [-0.4, -0.2) is 133 Å². The van der Waals surface area contributed by atoms with Crippen LogP contribution >= 0.6 is 11.3 Å². The number of rotatable bonds is 10. The Kier molecular flexibility index (Phi) is 13.2. The number of benzene rings is 2. The number of likely N-dealkylation sites (tertiary alicyclic amines) is 1. The number of carbonyl (C=O) groups is 5. The van der Waals surface area contributed by atoms with Gasteiger partial charge in [-0.05, 0) is 81.2 Å². The predicted molar refractivity (Wildman–Crippen MR) is 232 cm³/mol. The number of fused-ring (bicyclic) bond motifs is 2. The van der Waals surface area contributed by atoms with Gasteiger partial charge in [-0.3, -0.25) is 39.0 Å². The number of amides is 4. The smallest absolute Gasteiger partial charge is 0.290 e. The van der Waals surface area contributed by atoms with Gasteiger partial charge in [0.2, 0.25) is 11.8 Å². The van der Waals surface area contributed by atoms with Crippen LogP contribution in [0, 0.1) is 0 Å². The van der Waals surface area contributed by atoms with Gasteiger partial charge in [0.1, 0.15) is 17.5 Å². The van der Waals surface area contributed by atoms with E-state index in [1.165, 1.54) is 15.5 Å². The third-order valence-corrected chi connectivity index (χ3v) is 13.4. The van der Waals surface area contributed by atoms with Gasteiger partial charge in [-0.15, -0.1) is 11.3 Å². The van der Waals surface area contributed by atoms with E-state index in [-0.39, 0.29) is 47.6 Å². The first-order chi connectivity index (χ1) is 30.1. The number of alkyl halides is 2. The second kappa shape index (κ2) is 18.4. The second-order valence-electron chi connectivity index (χ2n) is 16.5. The van der Waals surface area contributed by atoms with Crippen LogP contribution in [0.2, 0.25) is 0 Å². The molecule has 4 aliphatic rings. The number of nitrogens with one attached hydrogen (secondary N) is 2. The molecule has 16 nitrogen and oxygen atoms in total. The Hall–Kier alpha value is -5.92. The number of aromatic nitrogens is 1. The standard InChI is InChI=1S/C43H49F2N7O7S.CH2O2/c1-48(2)21-31-33(58-4)16-25(17-34(31)59-5)30-22-49(3)41(56)29-19-35(60-38(29)30)40(55)46-36-12-15-51(23-43(36,44)45)26-10-13-50(14-11-26)27-7-6-24-20-52(42(57)28(24)18-27)32-8-9-37(53)47-39(32)54;2-1-3/h6-7,16-19,22,26,32,36H,8-15,20-21,23H2,1-5H3,(H,46,55)(H,47,53,54);1H,(H,2,3). The van der Waals surface area contributed by atoms with Crippen LogP contribution in [-0.2, 0) is 34.5 Å². The number of thiophene rings is 1. The Bertz CT molecular complexity index is 2480. The number of carbonyl (C=O) groups excluding carboxylic acids is 4. The molecule has 4 aliphatic heterocycles. The summed E-state index contributed by atoms with van der Waals surface area (Å²) >= 11 is 1.09. The highest BCUT2D eigenvalue weighted by atomic mass is 32.1. The van der Waals surface area contributed by atoms with Gasteiger partial charge in [-0.25, -0.2) is 8.78 Å². The summed E-state index contributed by atoms with van der Waals surface area (Å²) in [6.07, 6.45) is 3.54. The second-order valence-corrected chi connectivity index (χ2v) is 17.6. The van der Waals surface area contributed by atoms with E-state index >= 15 is 8.78 Å². The number of aryl methyl sites for hydroxylation is 1. The quantitative estimate of drug-likeness (QED) is 0.155. The fourth-order valence-corrected chi connectivity index (χ4v) is 10.2. The number of imide groups is 1. The van der Waals surface area contributed by atoms with E-state index in [4.69, 9.17) is 19.4 Å². The molecule has 63 heavy (non-hydrogen) atoms. The number of anilines is 1. The van der Waals surface area contributed by atoms with Crippen LogP contribution in [0.25, 0.3) is 21.2 Å². The number of pyridine rings is 1. The van der Waals surface area contributed by atoms with Crippen LogP contribution in [0.5, 0.6) is 11.5 Å². The molecule has 19 heteroatoms. The molecule has 0 radical (unpaired) electrons. The van der Waals surface area contributed by atoms with Gasteiger partial charge in [0, 0.05) is 79.9 Å². The lowest BCUT2D eigenvalue weighted by molar-refractivity contribution is -0.137. The highest BCUT2D eigenvalue weighted by Crippen LogP contribution is 2.40. The minimum absolute atomic E-state index is 0.0619. The summed E-state index contributed by atoms with van der Waals surface area (Å²) in [5.74, 6) is -3.66. The van der Waals surface area contributed by atoms with Crippen molar-refractivity contribution < 1.29 is 47.3 Å². The Morgan fingerprint density at radius 1 is 1.00 bits per heavy atom. The predicted octanol–water partition coefficient (Wildman–Crippen LogP) is 3.92. The number of carboxylic acid groups (broad SMARTS) is 1. The molecule has 8 rings (SSSR count). The lowest BCUT2D eigenvalue weighted by Crippen LogP contribution is -2.61. The molecule has 3 fully saturated rings. The van der Waals surface area contributed by atoms with Crippen molar-refractivity contribution in [1.29, 1.82) is 0 Å². The van der Waals surface area contributed by atoms with E-state index in [0.29, 0.717) is 90.3 Å². The Labute approximate surface area is 366 Å². The van der Waals surface area contributed by atoms with Gasteiger partial charge in [-0.2, -0.15) is 0 Å². The maximum absolute atomic E-state index is 15.9. The molecule has 2 unspecified atom stereocenters. The third-order valence-electron chi connectivity index (χ3n) is 12.3. The fourth-order valence-electron chi connectivity index (χ4n) is 9.09. The molecule has 2 atom stereocenters. The Balaban J connectivity index is 0.00000193. The van der Waals surface area contributed by atoms with E-state index in [1.807, 2.05) is 54.2 Å². The first-order valence-corrected chi connectivity index (χ1v) is 21.4. The number of piperidine rings is 3. The van der Waals surface area contributed by atoms with Gasteiger partial charge < -0.3 is 39.2 Å². The van der Waals surface area contributed by atoms with Gasteiger partial charge in [0.15, 0.2) is 0 Å². The highest BCUT2D eigenvalue weighted by Gasteiger charge is 2.47. The van der Waals surface area contributed by atoms with Gasteiger partial charge in [-0.1, -0.05) is 6.07 Å². The zero-order valence-electron chi connectivity index (χ0n) is 35.7. The molecule has 0 spiro atoms. The topological polar surface area (TPSA) is 183 Å². The molecule has 6 heterocycles. The summed E-state index contributed by atoms with van der Waals surface area (Å²) in [5, 5.41) is 12.1. The SMILES string of the molecule is COc1cc(-c2cn(C)c(=O)c3cc(C(=O)NC4CCN(C5CCN(c6ccc7c(c6)C(=O)N(C6CCC(=O)NC6=O)C7)CC5)CC4(F)F)sc23)cc(OC)c1CN(C)C.O=CO. The van der Waals surface area contributed by atoms with Crippen molar-refractivity contribution in [1.82, 2.24) is 29.9 Å². The number of nitrogens with zero attached hydrogens (tertiary/aromatic N) is 5. The maximum Gasteiger partial charge on any atom is 0.290 e. The third kappa shape index (κ3) is 9.12. The molecule has 4 amide bonds. The largest absolute Gasteiger partial charge is 0.496 e. The minimum Gasteiger partial charge on any atom is -0.496 e. The summed E-state index contributed by atoms with van der Waals surface area (Å²) in [7, 11) is 8.67. The van der Waals surface area contributed by atoms with Gasteiger partial charge in [0.05, 0.1) is 42.6 Å². The van der Waals surface area contributed by atoms with Crippen LogP contribution < -0.4 is 30.6 Å². The monoisotopic (exact) mass is 891 g/mol. The van der Waals surface area contributed by atoms with Gasteiger partial charge in [0.25, 0.3) is 29.8 Å².